The summed E-state index contributed by atoms with van der Waals surface area (Å²) < 4.78 is 4.96. The number of carbonyl (C=O) groups excluding carboxylic acids is 3. The number of rotatable bonds is 3. The van der Waals surface area contributed by atoms with E-state index in [4.69, 9.17) is 21.3 Å². The fourth-order valence-corrected chi connectivity index (χ4v) is 1.94. The number of carbonyl (C=O) groups is 3. The maximum atomic E-state index is 11.1. The molecule has 0 aliphatic carbocycles. The number of hydrogen-bond acceptors (Lipinski definition) is 7. The number of phenolic OH excluding ortho intramolecular Hbond substituents is 1. The molecule has 7 N–H and O–H groups in total. The van der Waals surface area contributed by atoms with Gasteiger partial charge in [0.15, 0.2) is 5.75 Å². The molecule has 9 nitrogen and oxygen atoms in total. The number of para-hydroxylation sites is 2. The highest BCUT2D eigenvalue weighted by molar-refractivity contribution is 6.00. The number of benzene rings is 2. The molecule has 0 spiro atoms. The van der Waals surface area contributed by atoms with Crippen LogP contribution in [0.25, 0.3) is 0 Å². The summed E-state index contributed by atoms with van der Waals surface area (Å²) in [5.41, 5.74) is 11.9. The third kappa shape index (κ3) is 6.94. The van der Waals surface area contributed by atoms with E-state index in [1.807, 2.05) is 0 Å². The van der Waals surface area contributed by atoms with Gasteiger partial charge in [0.25, 0.3) is 0 Å². The molecule has 0 aromatic heterocycles. The van der Waals surface area contributed by atoms with Gasteiger partial charge in [-0.3, -0.25) is 14.4 Å². The summed E-state index contributed by atoms with van der Waals surface area (Å²) in [4.78, 5) is 33.1. The van der Waals surface area contributed by atoms with Crippen LogP contribution in [-0.2, 0) is 14.4 Å². The fourth-order valence-electron chi connectivity index (χ4n) is 1.94. The molecule has 0 unspecified atom stereocenters. The maximum absolute atomic E-state index is 11.1. The summed E-state index contributed by atoms with van der Waals surface area (Å²) in [5, 5.41) is 14.0. The lowest BCUT2D eigenvalue weighted by Gasteiger charge is -2.14. The van der Waals surface area contributed by atoms with Crippen molar-refractivity contribution in [2.45, 2.75) is 20.8 Å². The lowest BCUT2D eigenvalue weighted by molar-refractivity contribution is -0.132. The molecule has 0 aliphatic heterocycles. The molecule has 27 heavy (non-hydrogen) atoms. The molecule has 2 rings (SSSR count). The van der Waals surface area contributed by atoms with Crippen LogP contribution in [-0.4, -0.2) is 22.9 Å². The zero-order valence-electron chi connectivity index (χ0n) is 15.2. The van der Waals surface area contributed by atoms with Gasteiger partial charge in [-0.05, 0) is 24.3 Å². The third-order valence-electron chi connectivity index (χ3n) is 3.01. The van der Waals surface area contributed by atoms with Crippen LogP contribution in [0.2, 0.25) is 0 Å². The van der Waals surface area contributed by atoms with Gasteiger partial charge >= 0.3 is 5.97 Å². The molecule has 2 amide bonds. The van der Waals surface area contributed by atoms with E-state index in [1.54, 1.807) is 24.3 Å². The molecule has 0 saturated carbocycles. The highest BCUT2D eigenvalue weighted by atomic mass is 16.5. The van der Waals surface area contributed by atoms with Crippen molar-refractivity contribution < 1.29 is 24.2 Å². The zero-order chi connectivity index (χ0) is 20.6. The molecule has 0 radical (unpaired) electrons. The average molecular weight is 374 g/mol. The van der Waals surface area contributed by atoms with Crippen LogP contribution in [0.4, 0.5) is 22.7 Å². The quantitative estimate of drug-likeness (QED) is 0.238. The number of phenols is 1. The van der Waals surface area contributed by atoms with Gasteiger partial charge in [-0.2, -0.15) is 0 Å². The van der Waals surface area contributed by atoms with Crippen LogP contribution in [0.1, 0.15) is 20.8 Å². The Kier molecular flexibility index (Phi) is 7.62. The summed E-state index contributed by atoms with van der Waals surface area (Å²) in [6.07, 6.45) is 0. The Labute approximate surface area is 156 Å². The second-order valence-electron chi connectivity index (χ2n) is 5.41. The molecular weight excluding hydrogens is 352 g/mol. The van der Waals surface area contributed by atoms with Crippen molar-refractivity contribution in [2.75, 3.05) is 22.1 Å². The minimum atomic E-state index is -0.512. The van der Waals surface area contributed by atoms with Crippen LogP contribution < -0.4 is 26.8 Å². The summed E-state index contributed by atoms with van der Waals surface area (Å²) in [6.45, 7) is 3.92. The van der Waals surface area contributed by atoms with Gasteiger partial charge in [0.2, 0.25) is 11.8 Å². The van der Waals surface area contributed by atoms with Crippen molar-refractivity contribution in [1.29, 1.82) is 0 Å². The van der Waals surface area contributed by atoms with Crippen LogP contribution in [0, 0.1) is 0 Å². The SMILES string of the molecule is CC(=O)Nc1cccc(OC(C)=O)c1NC(C)=O.Nc1cccc(O)c1N. The molecule has 0 bridgehead atoms. The molecule has 144 valence electrons. The Morgan fingerprint density at radius 1 is 0.926 bits per heavy atom. The van der Waals surface area contributed by atoms with E-state index in [2.05, 4.69) is 10.6 Å². The Hall–Kier alpha value is -3.75. The summed E-state index contributed by atoms with van der Waals surface area (Å²) in [5.74, 6) is -0.914. The van der Waals surface area contributed by atoms with Crippen molar-refractivity contribution in [3.63, 3.8) is 0 Å². The topological polar surface area (TPSA) is 157 Å². The number of nitrogens with one attached hydrogen (secondary N) is 2. The molecule has 0 aliphatic rings. The minimum Gasteiger partial charge on any atom is -0.506 e. The second-order valence-corrected chi connectivity index (χ2v) is 5.41. The van der Waals surface area contributed by atoms with E-state index >= 15 is 0 Å². The first-order chi connectivity index (χ1) is 12.6. The van der Waals surface area contributed by atoms with E-state index < -0.39 is 5.97 Å². The number of nitrogens with two attached hydrogens (primary N) is 2. The Morgan fingerprint density at radius 3 is 2.00 bits per heavy atom. The molecule has 0 saturated heterocycles. The second kappa shape index (κ2) is 9.66. The lowest BCUT2D eigenvalue weighted by atomic mass is 10.2. The van der Waals surface area contributed by atoms with Crippen molar-refractivity contribution >= 4 is 40.5 Å². The number of anilines is 4. The van der Waals surface area contributed by atoms with Crippen molar-refractivity contribution in [2.24, 2.45) is 0 Å². The van der Waals surface area contributed by atoms with Crippen LogP contribution in [0.5, 0.6) is 11.5 Å². The van der Waals surface area contributed by atoms with Crippen LogP contribution in [0.15, 0.2) is 36.4 Å². The normalized spacial score (nSPS) is 9.44. The van der Waals surface area contributed by atoms with E-state index in [1.165, 1.54) is 32.9 Å². The zero-order valence-corrected chi connectivity index (χ0v) is 15.2. The van der Waals surface area contributed by atoms with Crippen LogP contribution >= 0.6 is 0 Å². The summed E-state index contributed by atoms with van der Waals surface area (Å²) >= 11 is 0. The number of amides is 2. The molecule has 2 aromatic rings. The van der Waals surface area contributed by atoms with Crippen molar-refractivity contribution in [1.82, 2.24) is 0 Å². The first-order valence-corrected chi connectivity index (χ1v) is 7.81. The summed E-state index contributed by atoms with van der Waals surface area (Å²) in [7, 11) is 0. The van der Waals surface area contributed by atoms with Gasteiger partial charge in [0.05, 0.1) is 17.1 Å². The van der Waals surface area contributed by atoms with Gasteiger partial charge in [0.1, 0.15) is 11.4 Å². The Bertz CT molecular complexity index is 797. The van der Waals surface area contributed by atoms with Crippen molar-refractivity contribution in [3.8, 4) is 11.5 Å². The monoisotopic (exact) mass is 374 g/mol. The number of aromatic hydroxyl groups is 1. The smallest absolute Gasteiger partial charge is 0.308 e. The number of nitrogen functional groups attached to an aromatic ring is 2. The van der Waals surface area contributed by atoms with E-state index in [0.717, 1.165) is 0 Å². The standard InChI is InChI=1S/C12H14N2O4.C6H8N2O/c1-7(15)13-10-5-4-6-11(18-9(3)17)12(10)14-8(2)16;7-4-2-1-3-5(9)6(4)8/h4-6H,1-3H3,(H,13,15)(H,14,16);1-3,9H,7-8H2. The average Bonchev–Trinajstić information content (AvgIpc) is 2.55. The van der Waals surface area contributed by atoms with Crippen LogP contribution in [0.3, 0.4) is 0 Å². The number of hydrogen-bond donors (Lipinski definition) is 5. The van der Waals surface area contributed by atoms with E-state index in [-0.39, 0.29) is 34.7 Å². The molecule has 0 fully saturated rings. The molecule has 9 heteroatoms. The number of ether oxygens (including phenoxy) is 1. The molecule has 0 atom stereocenters. The molecule has 0 heterocycles. The first-order valence-electron chi connectivity index (χ1n) is 7.81. The number of esters is 1. The molecule has 2 aromatic carbocycles. The molecular formula is C18H22N4O5. The lowest BCUT2D eigenvalue weighted by Crippen LogP contribution is -2.14. The van der Waals surface area contributed by atoms with Gasteiger partial charge in [0, 0.05) is 20.8 Å². The summed E-state index contributed by atoms with van der Waals surface area (Å²) in [6, 6.07) is 9.49. The minimum absolute atomic E-state index is 0.0370. The Morgan fingerprint density at radius 2 is 1.52 bits per heavy atom. The predicted octanol–water partition coefficient (Wildman–Crippen LogP) is 2.09. The van der Waals surface area contributed by atoms with Gasteiger partial charge < -0.3 is 31.9 Å². The predicted molar refractivity (Wildman–Crippen MR) is 103 cm³/mol. The van der Waals surface area contributed by atoms with E-state index in [9.17, 15) is 14.4 Å². The van der Waals surface area contributed by atoms with E-state index in [0.29, 0.717) is 11.4 Å². The fraction of sp³-hybridized carbons (Fsp3) is 0.167. The highest BCUT2D eigenvalue weighted by Crippen LogP contribution is 2.32. The third-order valence-corrected chi connectivity index (χ3v) is 3.01. The highest BCUT2D eigenvalue weighted by Gasteiger charge is 2.13. The maximum Gasteiger partial charge on any atom is 0.308 e. The Balaban J connectivity index is 0.000000337. The van der Waals surface area contributed by atoms with Crippen molar-refractivity contribution in [3.05, 3.63) is 36.4 Å². The first kappa shape index (κ1) is 21.3. The largest absolute Gasteiger partial charge is 0.506 e. The van der Waals surface area contributed by atoms with Gasteiger partial charge in [-0.25, -0.2) is 0 Å². The van der Waals surface area contributed by atoms with Gasteiger partial charge in [-0.15, -0.1) is 0 Å². The van der Waals surface area contributed by atoms with Gasteiger partial charge in [-0.1, -0.05) is 12.1 Å².